The molecule has 0 amide bonds. The molecule has 0 aromatic heterocycles. The second-order valence-electron chi connectivity index (χ2n) is 11.8. The Bertz CT molecular complexity index is 1500. The third-order valence-electron chi connectivity index (χ3n) is 7.38. The van der Waals surface area contributed by atoms with Gasteiger partial charge in [0.05, 0.1) is 35.0 Å². The van der Waals surface area contributed by atoms with Gasteiger partial charge in [-0.05, 0) is 117 Å². The molecular formula is C45H60O5. The van der Waals surface area contributed by atoms with E-state index in [9.17, 15) is 0 Å². The molecule has 0 N–H and O–H groups in total. The Morgan fingerprint density at radius 1 is 0.380 bits per heavy atom. The second-order valence-corrected chi connectivity index (χ2v) is 11.8. The van der Waals surface area contributed by atoms with Crippen LogP contribution in [0.4, 0.5) is 0 Å². The molecule has 0 heterocycles. The van der Waals surface area contributed by atoms with Gasteiger partial charge in [0, 0.05) is 7.11 Å². The van der Waals surface area contributed by atoms with Crippen molar-refractivity contribution in [2.75, 3.05) is 35.5 Å². The Morgan fingerprint density at radius 3 is 1.10 bits per heavy atom. The van der Waals surface area contributed by atoms with E-state index in [1.165, 1.54) is 45.4 Å². The molecule has 0 spiro atoms. The van der Waals surface area contributed by atoms with Crippen LogP contribution in [0.2, 0.25) is 0 Å². The van der Waals surface area contributed by atoms with Crippen molar-refractivity contribution in [2.24, 2.45) is 0 Å². The molecule has 0 bridgehead atoms. The van der Waals surface area contributed by atoms with Crippen LogP contribution in [0.1, 0.15) is 59.2 Å². The zero-order chi connectivity index (χ0) is 37.1. The highest BCUT2D eigenvalue weighted by Crippen LogP contribution is 2.15. The summed E-state index contributed by atoms with van der Waals surface area (Å²) in [6.07, 6.45) is 3.44. The molecule has 0 saturated heterocycles. The number of aryl methyl sites for hydroxylation is 6. The standard InChI is InChI=1S/C10H14O.3C9H12O.C8H10O/c1-3-4-9-5-7-10(11-2)8-6-9;1-7-4-8(2)6-9(5-7)10-3;1-8-3-5-9(6-4-8)7-10-2;1-3-8-4-6-9(10-2)7-5-8;1-7-3-5-8(9-2)6-4-7/h5-8H,3-4H2,1-2H3;4-6H,1-3H3;3-6H,7H2,1-2H3;4-7H,3H2,1-2H3;3-6H,1-2H3. The highest BCUT2D eigenvalue weighted by Gasteiger charge is 1.93. The third kappa shape index (κ3) is 19.3. The van der Waals surface area contributed by atoms with E-state index in [4.69, 9.17) is 23.7 Å². The highest BCUT2D eigenvalue weighted by molar-refractivity contribution is 5.33. The van der Waals surface area contributed by atoms with Gasteiger partial charge in [-0.2, -0.15) is 0 Å². The van der Waals surface area contributed by atoms with E-state index in [-0.39, 0.29) is 0 Å². The molecule has 5 aromatic carbocycles. The maximum atomic E-state index is 5.08. The van der Waals surface area contributed by atoms with Crippen molar-refractivity contribution in [1.82, 2.24) is 0 Å². The second kappa shape index (κ2) is 26.2. The summed E-state index contributed by atoms with van der Waals surface area (Å²) in [5.74, 6) is 3.72. The van der Waals surface area contributed by atoms with E-state index >= 15 is 0 Å². The average Bonchev–Trinajstić information content (AvgIpc) is 3.14. The van der Waals surface area contributed by atoms with Gasteiger partial charge in [-0.15, -0.1) is 0 Å². The first kappa shape index (κ1) is 43.3. The van der Waals surface area contributed by atoms with Crippen molar-refractivity contribution in [1.29, 1.82) is 0 Å². The minimum atomic E-state index is 0.709. The number of rotatable bonds is 9. The van der Waals surface area contributed by atoms with E-state index in [1.54, 1.807) is 35.5 Å². The molecule has 0 atom stereocenters. The van der Waals surface area contributed by atoms with E-state index in [0.29, 0.717) is 6.61 Å². The van der Waals surface area contributed by atoms with Crippen molar-refractivity contribution in [2.45, 2.75) is 67.4 Å². The Hall–Kier alpha value is -4.74. The topological polar surface area (TPSA) is 46.2 Å². The normalized spacial score (nSPS) is 9.50. The predicted octanol–water partition coefficient (Wildman–Crippen LogP) is 11.4. The quantitative estimate of drug-likeness (QED) is 0.155. The molecular weight excluding hydrogens is 620 g/mol. The van der Waals surface area contributed by atoms with Crippen LogP contribution in [0.3, 0.4) is 0 Å². The zero-order valence-corrected chi connectivity index (χ0v) is 32.3. The molecule has 5 rings (SSSR count). The van der Waals surface area contributed by atoms with E-state index in [1.807, 2.05) is 60.7 Å². The lowest BCUT2D eigenvalue weighted by Crippen LogP contribution is -1.85. The SMILES string of the molecule is CCCc1ccc(OC)cc1.CCc1ccc(OC)cc1.COCc1ccc(C)cc1.COc1cc(C)cc(C)c1.COc1ccc(C)cc1. The maximum absolute atomic E-state index is 5.08. The lowest BCUT2D eigenvalue weighted by Gasteiger charge is -2.01. The molecule has 0 aliphatic heterocycles. The van der Waals surface area contributed by atoms with Gasteiger partial charge in [-0.25, -0.2) is 0 Å². The summed E-state index contributed by atoms with van der Waals surface area (Å²) in [7, 11) is 8.44. The van der Waals surface area contributed by atoms with Crippen LogP contribution in [0.5, 0.6) is 23.0 Å². The largest absolute Gasteiger partial charge is 0.497 e. The smallest absolute Gasteiger partial charge is 0.119 e. The fourth-order valence-electron chi connectivity index (χ4n) is 4.52. The van der Waals surface area contributed by atoms with Crippen LogP contribution in [0.25, 0.3) is 0 Å². The first-order valence-corrected chi connectivity index (χ1v) is 17.1. The van der Waals surface area contributed by atoms with E-state index in [0.717, 1.165) is 35.8 Å². The fraction of sp³-hybridized carbons (Fsp3) is 0.333. The molecule has 0 aliphatic rings. The first-order valence-electron chi connectivity index (χ1n) is 17.1. The predicted molar refractivity (Wildman–Crippen MR) is 211 cm³/mol. The summed E-state index contributed by atoms with van der Waals surface area (Å²) in [5, 5.41) is 0. The van der Waals surface area contributed by atoms with Crippen LogP contribution in [-0.4, -0.2) is 35.5 Å². The van der Waals surface area contributed by atoms with Gasteiger partial charge in [0.1, 0.15) is 23.0 Å². The van der Waals surface area contributed by atoms with Crippen LogP contribution in [-0.2, 0) is 24.2 Å². The highest BCUT2D eigenvalue weighted by atomic mass is 16.5. The fourth-order valence-corrected chi connectivity index (χ4v) is 4.52. The molecule has 5 heteroatoms. The summed E-state index contributed by atoms with van der Waals surface area (Å²) in [6, 6.07) is 38.8. The molecule has 5 nitrogen and oxygen atoms in total. The number of hydrogen-bond donors (Lipinski definition) is 0. The maximum Gasteiger partial charge on any atom is 0.119 e. The van der Waals surface area contributed by atoms with Gasteiger partial charge >= 0.3 is 0 Å². The van der Waals surface area contributed by atoms with Gasteiger partial charge in [-0.1, -0.05) is 98.1 Å². The molecule has 0 saturated carbocycles. The minimum Gasteiger partial charge on any atom is -0.497 e. The minimum absolute atomic E-state index is 0.709. The van der Waals surface area contributed by atoms with Gasteiger partial charge in [0.2, 0.25) is 0 Å². The summed E-state index contributed by atoms with van der Waals surface area (Å²) >= 11 is 0. The molecule has 0 fully saturated rings. The molecule has 5 aromatic rings. The number of benzene rings is 5. The number of ether oxygens (including phenoxy) is 5. The first-order chi connectivity index (χ1) is 24.1. The van der Waals surface area contributed by atoms with Crippen molar-refractivity contribution >= 4 is 0 Å². The van der Waals surface area contributed by atoms with Crippen molar-refractivity contribution in [3.8, 4) is 23.0 Å². The van der Waals surface area contributed by atoms with Gasteiger partial charge in [-0.3, -0.25) is 0 Å². The Kier molecular flexibility index (Phi) is 22.7. The monoisotopic (exact) mass is 680 g/mol. The third-order valence-corrected chi connectivity index (χ3v) is 7.38. The summed E-state index contributed by atoms with van der Waals surface area (Å²) in [5.41, 5.74) is 9.01. The van der Waals surface area contributed by atoms with Gasteiger partial charge in [0.15, 0.2) is 0 Å². The average molecular weight is 681 g/mol. The van der Waals surface area contributed by atoms with Gasteiger partial charge in [0.25, 0.3) is 0 Å². The van der Waals surface area contributed by atoms with Crippen LogP contribution >= 0.6 is 0 Å². The van der Waals surface area contributed by atoms with Crippen LogP contribution < -0.4 is 18.9 Å². The summed E-state index contributed by atoms with van der Waals surface area (Å²) in [4.78, 5) is 0. The molecule has 50 heavy (non-hydrogen) atoms. The lowest BCUT2D eigenvalue weighted by atomic mass is 10.1. The lowest BCUT2D eigenvalue weighted by molar-refractivity contribution is 0.185. The van der Waals surface area contributed by atoms with Crippen molar-refractivity contribution < 1.29 is 23.7 Å². The molecule has 0 radical (unpaired) electrons. The number of hydrogen-bond acceptors (Lipinski definition) is 5. The van der Waals surface area contributed by atoms with Crippen molar-refractivity contribution in [3.05, 3.63) is 154 Å². The Morgan fingerprint density at radius 2 is 0.740 bits per heavy atom. The Balaban J connectivity index is 0.000000313. The van der Waals surface area contributed by atoms with Crippen molar-refractivity contribution in [3.63, 3.8) is 0 Å². The van der Waals surface area contributed by atoms with Crippen LogP contribution in [0, 0.1) is 27.7 Å². The molecule has 0 aliphatic carbocycles. The number of methoxy groups -OCH3 is 5. The molecule has 0 unspecified atom stereocenters. The van der Waals surface area contributed by atoms with Crippen LogP contribution in [0.15, 0.2) is 115 Å². The Labute approximate surface area is 303 Å². The summed E-state index contributed by atoms with van der Waals surface area (Å²) < 4.78 is 25.1. The van der Waals surface area contributed by atoms with E-state index in [2.05, 4.69) is 96.1 Å². The molecule has 270 valence electrons. The van der Waals surface area contributed by atoms with E-state index < -0.39 is 0 Å². The summed E-state index contributed by atoms with van der Waals surface area (Å²) in [6.45, 7) is 13.3. The van der Waals surface area contributed by atoms with Gasteiger partial charge < -0.3 is 23.7 Å². The zero-order valence-electron chi connectivity index (χ0n) is 32.3.